The Bertz CT molecular complexity index is 1220. The molecule has 3 rings (SSSR count). The van der Waals surface area contributed by atoms with Crippen LogP contribution in [0.5, 0.6) is 0 Å². The third kappa shape index (κ3) is 9.49. The van der Waals surface area contributed by atoms with Crippen molar-refractivity contribution in [1.82, 2.24) is 0 Å². The molecule has 0 spiro atoms. The summed E-state index contributed by atoms with van der Waals surface area (Å²) in [4.78, 5) is 45.0. The molecule has 1 aromatic carbocycles. The molecule has 14 nitrogen and oxygen atoms in total. The lowest BCUT2D eigenvalue weighted by Gasteiger charge is -2.40. The Morgan fingerprint density at radius 2 is 1.00 bits per heavy atom. The summed E-state index contributed by atoms with van der Waals surface area (Å²) < 4.78 is 21.3. The van der Waals surface area contributed by atoms with Crippen LogP contribution in [0, 0.1) is 35.5 Å². The van der Waals surface area contributed by atoms with Gasteiger partial charge in [-0.25, -0.2) is 0 Å². The number of aliphatic hydroxyl groups is 4. The number of benzene rings is 1. The number of rotatable bonds is 8. The van der Waals surface area contributed by atoms with Gasteiger partial charge in [0.05, 0.1) is 37.3 Å². The van der Waals surface area contributed by atoms with Crippen LogP contribution in [-0.4, -0.2) is 117 Å². The lowest BCUT2D eigenvalue weighted by atomic mass is 9.84. The molecule has 0 saturated carbocycles. The molecule has 44 heavy (non-hydrogen) atoms. The second-order valence-corrected chi connectivity index (χ2v) is 10.4. The lowest BCUT2D eigenvalue weighted by Crippen LogP contribution is -2.55. The summed E-state index contributed by atoms with van der Waals surface area (Å²) in [5, 5.41) is 60.5. The van der Waals surface area contributed by atoms with Crippen molar-refractivity contribution in [1.29, 1.82) is 0 Å². The first-order valence-electron chi connectivity index (χ1n) is 13.6. The monoisotopic (exact) mass is 618 g/mol. The van der Waals surface area contributed by atoms with Crippen molar-refractivity contribution >= 4 is 23.9 Å². The van der Waals surface area contributed by atoms with Crippen LogP contribution in [0.25, 0.3) is 0 Å². The smallest absolute Gasteiger partial charge is 0.303 e. The minimum atomic E-state index is -1.53. The molecule has 238 valence electrons. The van der Waals surface area contributed by atoms with Gasteiger partial charge in [-0.2, -0.15) is 0 Å². The maximum Gasteiger partial charge on any atom is 0.303 e. The molecule has 14 heteroatoms. The third-order valence-corrected chi connectivity index (χ3v) is 7.12. The average Bonchev–Trinajstić information content (AvgIpc) is 2.96. The van der Waals surface area contributed by atoms with Gasteiger partial charge in [-0.1, -0.05) is 23.7 Å². The van der Waals surface area contributed by atoms with Crippen LogP contribution < -0.4 is 0 Å². The van der Waals surface area contributed by atoms with E-state index in [4.69, 9.17) is 18.9 Å². The number of ether oxygens (including phenoxy) is 4. The molecule has 0 radical (unpaired) electrons. The van der Waals surface area contributed by atoms with Gasteiger partial charge in [-0.15, -0.1) is 0 Å². The zero-order valence-electron chi connectivity index (χ0n) is 23.9. The van der Waals surface area contributed by atoms with Crippen LogP contribution in [0.2, 0.25) is 0 Å². The number of hydrogen-bond acceptors (Lipinski definition) is 12. The number of carbonyl (C=O) groups excluding carboxylic acids is 2. The number of esters is 2. The summed E-state index contributed by atoms with van der Waals surface area (Å²) in [5.41, 5.74) is 0.930. The minimum absolute atomic E-state index is 0.330. The van der Waals surface area contributed by atoms with Crippen molar-refractivity contribution in [2.75, 3.05) is 13.2 Å². The Labute approximate surface area is 252 Å². The van der Waals surface area contributed by atoms with Gasteiger partial charge in [0.1, 0.15) is 37.6 Å². The molecule has 0 aromatic heterocycles. The van der Waals surface area contributed by atoms with Crippen molar-refractivity contribution in [2.45, 2.75) is 75.5 Å². The molecular weight excluding hydrogens is 584 g/mol. The highest BCUT2D eigenvalue weighted by Crippen LogP contribution is 2.30. The van der Waals surface area contributed by atoms with Crippen LogP contribution >= 0.6 is 0 Å². The summed E-state index contributed by atoms with van der Waals surface area (Å²) in [6.07, 6.45) is -11.6. The minimum Gasteiger partial charge on any atom is -0.481 e. The molecule has 0 aliphatic carbocycles. The van der Waals surface area contributed by atoms with E-state index in [1.54, 1.807) is 24.3 Å². The van der Waals surface area contributed by atoms with Crippen LogP contribution in [-0.2, 0) is 38.1 Å². The van der Waals surface area contributed by atoms with Crippen molar-refractivity contribution in [3.05, 3.63) is 35.4 Å². The Kier molecular flexibility index (Phi) is 12.2. The number of carbonyl (C=O) groups is 4. The molecule has 6 N–H and O–H groups in total. The number of aliphatic carboxylic acids is 2. The topological polar surface area (TPSA) is 227 Å². The Hall–Kier alpha value is -4.02. The zero-order valence-corrected chi connectivity index (χ0v) is 23.9. The van der Waals surface area contributed by atoms with Gasteiger partial charge in [0, 0.05) is 36.8 Å². The standard InChI is InChI=1S/C30H34O14/c1-15(31)41-13-23-19(11-25(33)34)27(37)29(39)21(43-23)9-7-17-3-5-18(6-4-17)8-10-22-30(40)28(38)20(12-26(35)36)24(44-22)14-42-16(2)32/h3-6,19-24,27-30,37-40H,11-14H2,1-2H3,(H,33,34)(H,35,36)/t19-,20-,21-,22-,23+,24+,27-,28-,29-,30-/m1/s1. The van der Waals surface area contributed by atoms with Crippen molar-refractivity contribution < 1.29 is 68.8 Å². The van der Waals surface area contributed by atoms with Gasteiger partial charge < -0.3 is 49.6 Å². The van der Waals surface area contributed by atoms with E-state index in [1.807, 2.05) is 0 Å². The molecule has 0 amide bonds. The third-order valence-electron chi connectivity index (χ3n) is 7.12. The summed E-state index contributed by atoms with van der Waals surface area (Å²) in [6.45, 7) is 1.67. The van der Waals surface area contributed by atoms with Gasteiger partial charge in [0.2, 0.25) is 0 Å². The molecular formula is C30H34O14. The van der Waals surface area contributed by atoms with E-state index in [2.05, 4.69) is 23.7 Å². The summed E-state index contributed by atoms with van der Waals surface area (Å²) in [6, 6.07) is 6.36. The van der Waals surface area contributed by atoms with E-state index >= 15 is 0 Å². The largest absolute Gasteiger partial charge is 0.481 e. The number of aliphatic hydroxyl groups excluding tert-OH is 4. The quantitative estimate of drug-likeness (QED) is 0.147. The van der Waals surface area contributed by atoms with Gasteiger partial charge in [0.15, 0.2) is 0 Å². The fourth-order valence-corrected chi connectivity index (χ4v) is 4.86. The summed E-state index contributed by atoms with van der Waals surface area (Å²) in [5.74, 6) is 5.22. The van der Waals surface area contributed by atoms with Gasteiger partial charge >= 0.3 is 23.9 Å². The second-order valence-electron chi connectivity index (χ2n) is 10.4. The first kappa shape index (κ1) is 34.5. The maximum atomic E-state index is 11.2. The predicted octanol–water partition coefficient (Wildman–Crippen LogP) is -1.32. The first-order valence-corrected chi connectivity index (χ1v) is 13.6. The second kappa shape index (κ2) is 15.6. The van der Waals surface area contributed by atoms with Crippen LogP contribution in [0.15, 0.2) is 24.3 Å². The summed E-state index contributed by atoms with van der Waals surface area (Å²) in [7, 11) is 0. The first-order chi connectivity index (χ1) is 20.8. The van der Waals surface area contributed by atoms with Crippen LogP contribution in [0.1, 0.15) is 37.8 Å². The average molecular weight is 619 g/mol. The predicted molar refractivity (Wildman–Crippen MR) is 146 cm³/mol. The molecule has 2 aliphatic rings. The van der Waals surface area contributed by atoms with Gasteiger partial charge in [-0.3, -0.25) is 19.2 Å². The number of carboxylic acids is 2. The molecule has 2 heterocycles. The molecule has 0 unspecified atom stereocenters. The Morgan fingerprint density at radius 3 is 1.30 bits per heavy atom. The molecule has 2 aliphatic heterocycles. The summed E-state index contributed by atoms with van der Waals surface area (Å²) >= 11 is 0. The van der Waals surface area contributed by atoms with Crippen molar-refractivity contribution in [2.24, 2.45) is 11.8 Å². The highest BCUT2D eigenvalue weighted by atomic mass is 16.6. The number of hydrogen-bond donors (Lipinski definition) is 6. The number of carboxylic acid groups (broad SMARTS) is 2. The highest BCUT2D eigenvalue weighted by molar-refractivity contribution is 5.68. The van der Waals surface area contributed by atoms with E-state index in [0.717, 1.165) is 0 Å². The Morgan fingerprint density at radius 1 is 0.659 bits per heavy atom. The van der Waals surface area contributed by atoms with Crippen LogP contribution in [0.3, 0.4) is 0 Å². The van der Waals surface area contributed by atoms with E-state index in [0.29, 0.717) is 11.1 Å². The SMILES string of the molecule is CC(=O)OC[C@@H]1O[C@H](C#Cc2ccc(C#C[C@H]3O[C@@H](COC(C)=O)[C@@H](CC(=O)O)[C@@H](O)[C@@H]3O)cc2)[C@@H](O)[C@H](O)[C@@H]1CC(=O)O. The lowest BCUT2D eigenvalue weighted by molar-refractivity contribution is -0.200. The van der Waals surface area contributed by atoms with E-state index in [-0.39, 0.29) is 13.2 Å². The van der Waals surface area contributed by atoms with E-state index < -0.39 is 97.4 Å². The van der Waals surface area contributed by atoms with E-state index in [9.17, 15) is 49.8 Å². The normalized spacial score (nSPS) is 31.3. The van der Waals surface area contributed by atoms with Crippen molar-refractivity contribution in [3.63, 3.8) is 0 Å². The maximum absolute atomic E-state index is 11.2. The Balaban J connectivity index is 1.71. The van der Waals surface area contributed by atoms with Crippen LogP contribution in [0.4, 0.5) is 0 Å². The van der Waals surface area contributed by atoms with E-state index in [1.165, 1.54) is 13.8 Å². The fourth-order valence-electron chi connectivity index (χ4n) is 4.86. The molecule has 2 fully saturated rings. The highest BCUT2D eigenvalue weighted by Gasteiger charge is 2.46. The van der Waals surface area contributed by atoms with Gasteiger partial charge in [-0.05, 0) is 24.3 Å². The zero-order chi connectivity index (χ0) is 32.6. The molecule has 1 aromatic rings. The molecule has 0 bridgehead atoms. The molecule has 2 saturated heterocycles. The fraction of sp³-hybridized carbons (Fsp3) is 0.533. The molecule has 10 atom stereocenters. The van der Waals surface area contributed by atoms with Gasteiger partial charge in [0.25, 0.3) is 0 Å². The van der Waals surface area contributed by atoms with Crippen molar-refractivity contribution in [3.8, 4) is 23.7 Å².